The maximum Gasteiger partial charge on any atom is 0.269 e. The minimum atomic E-state index is -0.444. The van der Waals surface area contributed by atoms with Gasteiger partial charge in [0.25, 0.3) is 5.69 Å². The van der Waals surface area contributed by atoms with Crippen LogP contribution in [0.3, 0.4) is 0 Å². The topological polar surface area (TPSA) is 67.9 Å². The van der Waals surface area contributed by atoms with Gasteiger partial charge in [-0.25, -0.2) is 0 Å². The molecule has 0 N–H and O–H groups in total. The van der Waals surface area contributed by atoms with Crippen LogP contribution in [0.4, 0.5) is 17.1 Å². The largest absolute Gasteiger partial charge is 0.269 e. The maximum absolute atomic E-state index is 10.5. The minimum absolute atomic E-state index is 0.0446. The Balaban J connectivity index is 2.16. The standard InChI is InChI=1S/C12H8IN3O2/c13-9-2-1-3-11(8-9)15-14-10-4-6-12(7-5-10)16(17)18/h1-8H. The second-order valence-electron chi connectivity index (χ2n) is 3.45. The van der Waals surface area contributed by atoms with Crippen LogP contribution in [0, 0.1) is 13.7 Å². The van der Waals surface area contributed by atoms with Crippen LogP contribution < -0.4 is 0 Å². The van der Waals surface area contributed by atoms with Crippen LogP contribution in [-0.2, 0) is 0 Å². The van der Waals surface area contributed by atoms with Crippen LogP contribution in [0.25, 0.3) is 0 Å². The van der Waals surface area contributed by atoms with Crippen molar-refractivity contribution in [2.45, 2.75) is 0 Å². The van der Waals surface area contributed by atoms with E-state index in [1.165, 1.54) is 12.1 Å². The monoisotopic (exact) mass is 353 g/mol. The Bertz CT molecular complexity index is 597. The van der Waals surface area contributed by atoms with E-state index in [9.17, 15) is 10.1 Å². The first-order chi connectivity index (χ1) is 8.65. The van der Waals surface area contributed by atoms with E-state index in [4.69, 9.17) is 0 Å². The first-order valence-corrected chi connectivity index (χ1v) is 6.15. The van der Waals surface area contributed by atoms with Crippen molar-refractivity contribution in [2.75, 3.05) is 0 Å². The van der Waals surface area contributed by atoms with Gasteiger partial charge in [0.05, 0.1) is 16.3 Å². The average molecular weight is 353 g/mol. The van der Waals surface area contributed by atoms with Gasteiger partial charge in [-0.2, -0.15) is 10.2 Å². The van der Waals surface area contributed by atoms with Gasteiger partial charge in [-0.3, -0.25) is 10.1 Å². The van der Waals surface area contributed by atoms with Gasteiger partial charge in [0.1, 0.15) is 0 Å². The van der Waals surface area contributed by atoms with Crippen molar-refractivity contribution in [1.82, 2.24) is 0 Å². The minimum Gasteiger partial charge on any atom is -0.258 e. The first kappa shape index (κ1) is 12.6. The van der Waals surface area contributed by atoms with Gasteiger partial charge in [0.2, 0.25) is 0 Å². The number of azo groups is 1. The Hall–Kier alpha value is -1.83. The molecule has 90 valence electrons. The van der Waals surface area contributed by atoms with E-state index in [0.717, 1.165) is 9.26 Å². The van der Waals surface area contributed by atoms with Gasteiger partial charge in [-0.1, -0.05) is 6.07 Å². The molecule has 0 aliphatic heterocycles. The molecule has 0 atom stereocenters. The number of hydrogen-bond acceptors (Lipinski definition) is 4. The van der Waals surface area contributed by atoms with Crippen molar-refractivity contribution in [3.8, 4) is 0 Å². The molecule has 2 aromatic carbocycles. The van der Waals surface area contributed by atoms with E-state index in [1.807, 2.05) is 24.3 Å². The Morgan fingerprint density at radius 2 is 1.67 bits per heavy atom. The van der Waals surface area contributed by atoms with Crippen LogP contribution in [-0.4, -0.2) is 4.92 Å². The summed E-state index contributed by atoms with van der Waals surface area (Å²) < 4.78 is 1.08. The van der Waals surface area contributed by atoms with E-state index < -0.39 is 4.92 Å². The van der Waals surface area contributed by atoms with Crippen LogP contribution in [0.15, 0.2) is 58.8 Å². The van der Waals surface area contributed by atoms with E-state index in [2.05, 4.69) is 32.8 Å². The molecule has 0 amide bonds. The molecule has 0 spiro atoms. The zero-order valence-corrected chi connectivity index (χ0v) is 11.3. The summed E-state index contributed by atoms with van der Waals surface area (Å²) in [7, 11) is 0. The molecule has 2 rings (SSSR count). The average Bonchev–Trinajstić information content (AvgIpc) is 2.37. The lowest BCUT2D eigenvalue weighted by Crippen LogP contribution is -1.85. The van der Waals surface area contributed by atoms with Crippen molar-refractivity contribution in [3.05, 3.63) is 62.2 Å². The Morgan fingerprint density at radius 1 is 1.00 bits per heavy atom. The van der Waals surface area contributed by atoms with Crippen molar-refractivity contribution in [3.63, 3.8) is 0 Å². The molecule has 0 aliphatic carbocycles. The molecule has 0 saturated carbocycles. The molecule has 2 aromatic rings. The Morgan fingerprint density at radius 3 is 2.28 bits per heavy atom. The highest BCUT2D eigenvalue weighted by atomic mass is 127. The van der Waals surface area contributed by atoms with Crippen molar-refractivity contribution in [2.24, 2.45) is 10.2 Å². The summed E-state index contributed by atoms with van der Waals surface area (Å²) in [6.07, 6.45) is 0. The highest BCUT2D eigenvalue weighted by molar-refractivity contribution is 14.1. The number of nitro groups is 1. The number of non-ortho nitro benzene ring substituents is 1. The number of benzene rings is 2. The number of rotatable bonds is 3. The van der Waals surface area contributed by atoms with Gasteiger partial charge in [-0.05, 0) is 52.9 Å². The van der Waals surface area contributed by atoms with Crippen LogP contribution in [0.5, 0.6) is 0 Å². The third-order valence-electron chi connectivity index (χ3n) is 2.15. The van der Waals surface area contributed by atoms with Crippen molar-refractivity contribution >= 4 is 39.7 Å². The number of halogens is 1. The molecule has 0 aliphatic rings. The van der Waals surface area contributed by atoms with Crippen LogP contribution in [0.2, 0.25) is 0 Å². The highest BCUT2D eigenvalue weighted by Crippen LogP contribution is 2.22. The van der Waals surface area contributed by atoms with E-state index in [-0.39, 0.29) is 5.69 Å². The summed E-state index contributed by atoms with van der Waals surface area (Å²) in [6, 6.07) is 13.5. The molecule has 0 heterocycles. The molecular weight excluding hydrogens is 345 g/mol. The maximum atomic E-state index is 10.5. The quantitative estimate of drug-likeness (QED) is 0.350. The van der Waals surface area contributed by atoms with Crippen molar-refractivity contribution in [1.29, 1.82) is 0 Å². The van der Waals surface area contributed by atoms with Gasteiger partial charge >= 0.3 is 0 Å². The van der Waals surface area contributed by atoms with E-state index in [1.54, 1.807) is 12.1 Å². The molecule has 6 heteroatoms. The number of nitro benzene ring substituents is 1. The smallest absolute Gasteiger partial charge is 0.258 e. The van der Waals surface area contributed by atoms with Gasteiger partial charge < -0.3 is 0 Å². The Kier molecular flexibility index (Phi) is 3.98. The van der Waals surface area contributed by atoms with E-state index >= 15 is 0 Å². The highest BCUT2D eigenvalue weighted by Gasteiger charge is 2.02. The lowest BCUT2D eigenvalue weighted by molar-refractivity contribution is -0.384. The summed E-state index contributed by atoms with van der Waals surface area (Å²) in [5.74, 6) is 0. The predicted molar refractivity (Wildman–Crippen MR) is 76.4 cm³/mol. The third-order valence-corrected chi connectivity index (χ3v) is 2.82. The zero-order valence-electron chi connectivity index (χ0n) is 9.15. The summed E-state index contributed by atoms with van der Waals surface area (Å²) in [5, 5.41) is 18.6. The molecule has 0 saturated heterocycles. The van der Waals surface area contributed by atoms with Gasteiger partial charge in [-0.15, -0.1) is 0 Å². The fourth-order valence-electron chi connectivity index (χ4n) is 1.29. The molecule has 0 aromatic heterocycles. The first-order valence-electron chi connectivity index (χ1n) is 5.07. The second kappa shape index (κ2) is 5.67. The lowest BCUT2D eigenvalue weighted by Gasteiger charge is -1.94. The molecule has 0 unspecified atom stereocenters. The van der Waals surface area contributed by atoms with Crippen molar-refractivity contribution < 1.29 is 4.92 Å². The predicted octanol–water partition coefficient (Wildman–Crippen LogP) is 4.61. The van der Waals surface area contributed by atoms with Gasteiger partial charge in [0.15, 0.2) is 0 Å². The molecule has 0 bridgehead atoms. The molecule has 18 heavy (non-hydrogen) atoms. The molecule has 0 fully saturated rings. The van der Waals surface area contributed by atoms with Crippen LogP contribution >= 0.6 is 22.6 Å². The summed E-state index contributed by atoms with van der Waals surface area (Å²) in [4.78, 5) is 10.0. The third kappa shape index (κ3) is 3.33. The molecule has 5 nitrogen and oxygen atoms in total. The number of hydrogen-bond donors (Lipinski definition) is 0. The van der Waals surface area contributed by atoms with E-state index in [0.29, 0.717) is 5.69 Å². The normalized spacial score (nSPS) is 10.7. The molecule has 0 radical (unpaired) electrons. The summed E-state index contributed by atoms with van der Waals surface area (Å²) in [5.41, 5.74) is 1.38. The fourth-order valence-corrected chi connectivity index (χ4v) is 1.82. The summed E-state index contributed by atoms with van der Waals surface area (Å²) in [6.45, 7) is 0. The van der Waals surface area contributed by atoms with Gasteiger partial charge in [0, 0.05) is 15.7 Å². The SMILES string of the molecule is O=[N+]([O-])c1ccc(N=Nc2cccc(I)c2)cc1. The summed E-state index contributed by atoms with van der Waals surface area (Å²) >= 11 is 2.19. The second-order valence-corrected chi connectivity index (χ2v) is 4.70. The fraction of sp³-hybridized carbons (Fsp3) is 0. The Labute approximate surface area is 117 Å². The molecular formula is C12H8IN3O2. The van der Waals surface area contributed by atoms with Crippen LogP contribution in [0.1, 0.15) is 0 Å². The zero-order chi connectivity index (χ0) is 13.0. The number of nitrogens with zero attached hydrogens (tertiary/aromatic N) is 3. The lowest BCUT2D eigenvalue weighted by atomic mass is 10.3.